The highest BCUT2D eigenvalue weighted by Crippen LogP contribution is 2.50. The SMILES string of the molecule is O=C1NC2(CCCCC2)c2c(Oc3c(F)cccc3-c3nnn[nH]3)cccc2N1Cl. The summed E-state index contributed by atoms with van der Waals surface area (Å²) in [5.74, 6) is 0.156. The Balaban J connectivity index is 1.66. The normalized spacial score (nSPS) is 17.5. The van der Waals surface area contributed by atoms with Gasteiger partial charge in [-0.05, 0) is 47.5 Å². The highest BCUT2D eigenvalue weighted by molar-refractivity contribution is 6.37. The Kier molecular flexibility index (Phi) is 4.54. The van der Waals surface area contributed by atoms with E-state index in [4.69, 9.17) is 16.5 Å². The molecule has 154 valence electrons. The number of carbonyl (C=O) groups excluding carboxylic acids is 1. The highest BCUT2D eigenvalue weighted by Gasteiger charge is 2.45. The number of carbonyl (C=O) groups is 1. The van der Waals surface area contributed by atoms with Crippen molar-refractivity contribution in [1.29, 1.82) is 0 Å². The van der Waals surface area contributed by atoms with Crippen LogP contribution in [-0.4, -0.2) is 26.7 Å². The molecule has 1 saturated carbocycles. The van der Waals surface area contributed by atoms with Crippen LogP contribution in [0.25, 0.3) is 11.4 Å². The summed E-state index contributed by atoms with van der Waals surface area (Å²) in [4.78, 5) is 12.5. The molecule has 2 amide bonds. The molecule has 1 spiro atoms. The molecular formula is C20H18ClFN6O2. The molecule has 10 heteroatoms. The maximum atomic E-state index is 14.8. The molecule has 1 aliphatic heterocycles. The number of nitrogens with one attached hydrogen (secondary N) is 2. The third-order valence-corrected chi connectivity index (χ3v) is 6.04. The largest absolute Gasteiger partial charge is 0.453 e. The number of tetrazole rings is 1. The average molecular weight is 429 g/mol. The number of urea groups is 1. The van der Waals surface area contributed by atoms with Crippen molar-refractivity contribution in [2.45, 2.75) is 37.6 Å². The number of aromatic amines is 1. The Morgan fingerprint density at radius 2 is 1.93 bits per heavy atom. The Morgan fingerprint density at radius 3 is 2.70 bits per heavy atom. The van der Waals surface area contributed by atoms with Crippen LogP contribution in [-0.2, 0) is 5.54 Å². The van der Waals surface area contributed by atoms with Crippen molar-refractivity contribution in [2.24, 2.45) is 0 Å². The summed E-state index contributed by atoms with van der Waals surface area (Å²) in [6.45, 7) is 0. The number of anilines is 1. The summed E-state index contributed by atoms with van der Waals surface area (Å²) >= 11 is 6.28. The van der Waals surface area contributed by atoms with Crippen molar-refractivity contribution in [2.75, 3.05) is 4.42 Å². The zero-order valence-electron chi connectivity index (χ0n) is 15.9. The third kappa shape index (κ3) is 2.97. The van der Waals surface area contributed by atoms with E-state index in [-0.39, 0.29) is 17.6 Å². The van der Waals surface area contributed by atoms with E-state index in [2.05, 4.69) is 25.9 Å². The maximum absolute atomic E-state index is 14.8. The van der Waals surface area contributed by atoms with Crippen LogP contribution in [0.3, 0.4) is 0 Å². The van der Waals surface area contributed by atoms with Gasteiger partial charge in [-0.2, -0.15) is 0 Å². The third-order valence-electron chi connectivity index (χ3n) is 5.71. The minimum Gasteiger partial charge on any atom is -0.453 e. The Morgan fingerprint density at radius 1 is 1.13 bits per heavy atom. The molecule has 1 fully saturated rings. The zero-order valence-corrected chi connectivity index (χ0v) is 16.6. The molecule has 2 N–H and O–H groups in total. The monoisotopic (exact) mass is 428 g/mol. The first-order valence-electron chi connectivity index (χ1n) is 9.71. The van der Waals surface area contributed by atoms with E-state index in [9.17, 15) is 9.18 Å². The van der Waals surface area contributed by atoms with Gasteiger partial charge in [0.1, 0.15) is 5.75 Å². The van der Waals surface area contributed by atoms with Crippen LogP contribution in [0.15, 0.2) is 36.4 Å². The molecule has 0 radical (unpaired) electrons. The van der Waals surface area contributed by atoms with Crippen LogP contribution in [0.4, 0.5) is 14.9 Å². The molecule has 0 saturated heterocycles. The topological polar surface area (TPSA) is 96.0 Å². The molecular weight excluding hydrogens is 411 g/mol. The van der Waals surface area contributed by atoms with E-state index in [1.165, 1.54) is 6.07 Å². The van der Waals surface area contributed by atoms with E-state index in [0.29, 0.717) is 17.0 Å². The fraction of sp³-hybridized carbons (Fsp3) is 0.300. The number of aromatic nitrogens is 4. The van der Waals surface area contributed by atoms with Crippen molar-refractivity contribution in [3.8, 4) is 22.9 Å². The number of halogens is 2. The summed E-state index contributed by atoms with van der Waals surface area (Å²) < 4.78 is 22.0. The Bertz CT molecular complexity index is 1100. The van der Waals surface area contributed by atoms with Gasteiger partial charge in [0.25, 0.3) is 0 Å². The van der Waals surface area contributed by atoms with Crippen molar-refractivity contribution >= 4 is 23.5 Å². The summed E-state index contributed by atoms with van der Waals surface area (Å²) in [6, 6.07) is 9.42. The van der Waals surface area contributed by atoms with Gasteiger partial charge in [-0.3, -0.25) is 0 Å². The van der Waals surface area contributed by atoms with E-state index in [1.54, 1.807) is 30.3 Å². The van der Waals surface area contributed by atoms with Crippen molar-refractivity contribution in [3.63, 3.8) is 0 Å². The van der Waals surface area contributed by atoms with Crippen molar-refractivity contribution in [1.82, 2.24) is 25.9 Å². The molecule has 30 heavy (non-hydrogen) atoms. The number of amides is 2. The second-order valence-electron chi connectivity index (χ2n) is 7.47. The molecule has 2 heterocycles. The Labute approximate surface area is 176 Å². The second kappa shape index (κ2) is 7.24. The lowest BCUT2D eigenvalue weighted by atomic mass is 9.74. The first-order chi connectivity index (χ1) is 14.6. The quantitative estimate of drug-likeness (QED) is 0.592. The minimum atomic E-state index is -0.605. The molecule has 3 aromatic rings. The molecule has 0 bridgehead atoms. The zero-order chi connectivity index (χ0) is 20.7. The number of fused-ring (bicyclic) bond motifs is 2. The van der Waals surface area contributed by atoms with Crippen molar-refractivity contribution < 1.29 is 13.9 Å². The molecule has 1 aliphatic carbocycles. The lowest BCUT2D eigenvalue weighted by Crippen LogP contribution is -2.54. The summed E-state index contributed by atoms with van der Waals surface area (Å²) in [5.41, 5.74) is 1.08. The number of benzene rings is 2. The van der Waals surface area contributed by atoms with Gasteiger partial charge in [0, 0.05) is 17.3 Å². The number of rotatable bonds is 3. The van der Waals surface area contributed by atoms with E-state index in [0.717, 1.165) is 42.1 Å². The van der Waals surface area contributed by atoms with E-state index in [1.807, 2.05) is 0 Å². The summed E-state index contributed by atoms with van der Waals surface area (Å²) in [7, 11) is 0. The van der Waals surface area contributed by atoms with Gasteiger partial charge in [0.2, 0.25) is 0 Å². The number of ether oxygens (including phenoxy) is 1. The van der Waals surface area contributed by atoms with Gasteiger partial charge >= 0.3 is 6.03 Å². The average Bonchev–Trinajstić information content (AvgIpc) is 3.29. The number of hydrogen-bond donors (Lipinski definition) is 2. The molecule has 2 aromatic carbocycles. The molecule has 0 atom stereocenters. The van der Waals surface area contributed by atoms with Crippen LogP contribution in [0.5, 0.6) is 11.5 Å². The molecule has 8 nitrogen and oxygen atoms in total. The standard InChI is InChI=1S/C20H18ClFN6O2/c21-28-14-8-5-9-15(16(14)20(23-19(28)29)10-2-1-3-11-20)30-17-12(6-4-7-13(17)22)18-24-26-27-25-18/h4-9H,1-3,10-11H2,(H,23,29)(H,24,25,26,27). The number of H-pyrrole nitrogens is 1. The smallest absolute Gasteiger partial charge is 0.337 e. The van der Waals surface area contributed by atoms with Gasteiger partial charge in [0.05, 0.1) is 16.8 Å². The van der Waals surface area contributed by atoms with Gasteiger partial charge in [-0.15, -0.1) is 5.10 Å². The van der Waals surface area contributed by atoms with Gasteiger partial charge in [-0.1, -0.05) is 31.4 Å². The number of para-hydroxylation sites is 1. The summed E-state index contributed by atoms with van der Waals surface area (Å²) in [6.07, 6.45) is 4.53. The van der Waals surface area contributed by atoms with E-state index < -0.39 is 11.4 Å². The molecule has 2 aliphatic rings. The van der Waals surface area contributed by atoms with Crippen LogP contribution in [0, 0.1) is 5.82 Å². The van der Waals surface area contributed by atoms with E-state index >= 15 is 0 Å². The van der Waals surface area contributed by atoms with Crippen LogP contribution in [0.1, 0.15) is 37.7 Å². The van der Waals surface area contributed by atoms with Crippen LogP contribution >= 0.6 is 11.8 Å². The fourth-order valence-corrected chi connectivity index (χ4v) is 4.57. The molecule has 5 rings (SSSR count). The first kappa shape index (κ1) is 18.8. The van der Waals surface area contributed by atoms with Gasteiger partial charge in [-0.25, -0.2) is 18.7 Å². The number of nitrogens with zero attached hydrogens (tertiary/aromatic N) is 4. The summed E-state index contributed by atoms with van der Waals surface area (Å²) in [5, 5.41) is 16.7. The minimum absolute atomic E-state index is 0.00608. The predicted molar refractivity (Wildman–Crippen MR) is 108 cm³/mol. The lowest BCUT2D eigenvalue weighted by molar-refractivity contribution is 0.203. The number of hydrogen-bond acceptors (Lipinski definition) is 5. The highest BCUT2D eigenvalue weighted by atomic mass is 35.5. The van der Waals surface area contributed by atoms with Crippen LogP contribution in [0.2, 0.25) is 0 Å². The molecule has 1 aromatic heterocycles. The van der Waals surface area contributed by atoms with Crippen LogP contribution < -0.4 is 14.5 Å². The fourth-order valence-electron chi connectivity index (χ4n) is 4.39. The first-order valence-corrected chi connectivity index (χ1v) is 10.0. The lowest BCUT2D eigenvalue weighted by Gasteiger charge is -2.44. The maximum Gasteiger partial charge on any atom is 0.337 e. The van der Waals surface area contributed by atoms with Gasteiger partial charge < -0.3 is 10.1 Å². The second-order valence-corrected chi connectivity index (χ2v) is 7.81. The van der Waals surface area contributed by atoms with Gasteiger partial charge in [0.15, 0.2) is 17.4 Å². The Hall–Kier alpha value is -3.20. The molecule has 0 unspecified atom stereocenters. The van der Waals surface area contributed by atoms with Crippen molar-refractivity contribution in [3.05, 3.63) is 47.8 Å². The predicted octanol–water partition coefficient (Wildman–Crippen LogP) is 4.64.